The zero-order chi connectivity index (χ0) is 13.1. The lowest BCUT2D eigenvalue weighted by Gasteiger charge is -2.05. The van der Waals surface area contributed by atoms with E-state index in [4.69, 9.17) is 5.26 Å². The van der Waals surface area contributed by atoms with Gasteiger partial charge < -0.3 is 5.32 Å². The summed E-state index contributed by atoms with van der Waals surface area (Å²) in [5.74, 6) is -1.18. The number of hydrogen-bond donors (Lipinski definition) is 1. The fraction of sp³-hybridized carbons (Fsp3) is 0. The number of amides is 1. The fourth-order valence-corrected chi connectivity index (χ4v) is 2.43. The molecule has 0 atom stereocenters. The maximum absolute atomic E-state index is 13.5. The number of hydrogen-bond acceptors (Lipinski definition) is 3. The van der Waals surface area contributed by atoms with Crippen LogP contribution in [-0.2, 0) is 0 Å². The van der Waals surface area contributed by atoms with E-state index in [2.05, 4.69) is 21.2 Å². The predicted octanol–water partition coefficient (Wildman–Crippen LogP) is 3.77. The Balaban J connectivity index is 2.28. The van der Waals surface area contributed by atoms with Crippen LogP contribution in [0.25, 0.3) is 0 Å². The molecule has 6 heteroatoms. The third-order valence-corrected chi connectivity index (χ3v) is 3.51. The monoisotopic (exact) mass is 324 g/mol. The van der Waals surface area contributed by atoms with E-state index in [9.17, 15) is 9.18 Å². The molecule has 1 amide bonds. The highest BCUT2D eigenvalue weighted by Crippen LogP contribution is 2.24. The maximum Gasteiger partial charge on any atom is 0.259 e. The lowest BCUT2D eigenvalue weighted by atomic mass is 10.2. The van der Waals surface area contributed by atoms with Crippen molar-refractivity contribution in [2.24, 2.45) is 0 Å². The first-order valence-corrected chi connectivity index (χ1v) is 6.53. The molecule has 90 valence electrons. The Morgan fingerprint density at radius 3 is 2.94 bits per heavy atom. The van der Waals surface area contributed by atoms with Crippen molar-refractivity contribution in [1.29, 1.82) is 5.26 Å². The average Bonchev–Trinajstić information content (AvgIpc) is 2.79. The van der Waals surface area contributed by atoms with Gasteiger partial charge in [-0.15, -0.1) is 11.3 Å². The van der Waals surface area contributed by atoms with Crippen molar-refractivity contribution in [2.45, 2.75) is 0 Å². The molecule has 0 saturated heterocycles. The predicted molar refractivity (Wildman–Crippen MR) is 71.1 cm³/mol. The van der Waals surface area contributed by atoms with Crippen molar-refractivity contribution in [2.75, 3.05) is 5.32 Å². The molecule has 0 spiro atoms. The van der Waals surface area contributed by atoms with Gasteiger partial charge >= 0.3 is 0 Å². The Morgan fingerprint density at radius 1 is 1.44 bits per heavy atom. The number of rotatable bonds is 2. The number of carbonyl (C=O) groups is 1. The summed E-state index contributed by atoms with van der Waals surface area (Å²) in [6, 6.07) is 7.66. The van der Waals surface area contributed by atoms with Gasteiger partial charge in [0.05, 0.1) is 11.1 Å². The molecule has 1 heterocycles. The summed E-state index contributed by atoms with van der Waals surface area (Å²) in [6.07, 6.45) is 0. The van der Waals surface area contributed by atoms with Crippen LogP contribution < -0.4 is 5.32 Å². The molecule has 0 radical (unpaired) electrons. The van der Waals surface area contributed by atoms with Crippen molar-refractivity contribution < 1.29 is 9.18 Å². The molecular formula is C12H6BrFN2OS. The Hall–Kier alpha value is -1.71. The molecule has 2 aromatic rings. The van der Waals surface area contributed by atoms with Crippen LogP contribution in [0.2, 0.25) is 0 Å². The first-order valence-electron chi connectivity index (χ1n) is 4.86. The average molecular weight is 325 g/mol. The Bertz CT molecular complexity index is 648. The van der Waals surface area contributed by atoms with E-state index in [-0.39, 0.29) is 5.56 Å². The van der Waals surface area contributed by atoms with Gasteiger partial charge in [-0.1, -0.05) is 15.9 Å². The second-order valence-electron chi connectivity index (χ2n) is 3.35. The molecule has 0 aliphatic rings. The molecular weight excluding hydrogens is 319 g/mol. The summed E-state index contributed by atoms with van der Waals surface area (Å²) in [7, 11) is 0. The zero-order valence-corrected chi connectivity index (χ0v) is 11.3. The van der Waals surface area contributed by atoms with Crippen LogP contribution in [0.3, 0.4) is 0 Å². The van der Waals surface area contributed by atoms with Gasteiger partial charge in [0, 0.05) is 4.47 Å². The van der Waals surface area contributed by atoms with Gasteiger partial charge in [-0.2, -0.15) is 5.26 Å². The van der Waals surface area contributed by atoms with Gasteiger partial charge in [0.2, 0.25) is 0 Å². The first kappa shape index (κ1) is 12.7. The van der Waals surface area contributed by atoms with E-state index < -0.39 is 11.7 Å². The van der Waals surface area contributed by atoms with Crippen LogP contribution in [0.15, 0.2) is 34.1 Å². The van der Waals surface area contributed by atoms with Crippen LogP contribution >= 0.6 is 27.3 Å². The van der Waals surface area contributed by atoms with Gasteiger partial charge in [0.25, 0.3) is 5.91 Å². The summed E-state index contributed by atoms with van der Waals surface area (Å²) in [5.41, 5.74) is 0.297. The highest BCUT2D eigenvalue weighted by molar-refractivity contribution is 9.10. The first-order chi connectivity index (χ1) is 8.61. The molecule has 0 fully saturated rings. The molecule has 0 bridgehead atoms. The van der Waals surface area contributed by atoms with Crippen LogP contribution in [0, 0.1) is 17.1 Å². The van der Waals surface area contributed by atoms with Gasteiger partial charge in [-0.3, -0.25) is 4.79 Å². The van der Waals surface area contributed by atoms with Gasteiger partial charge in [-0.05, 0) is 29.6 Å². The molecule has 1 aromatic heterocycles. The molecule has 3 nitrogen and oxygen atoms in total. The van der Waals surface area contributed by atoms with Crippen molar-refractivity contribution in [1.82, 2.24) is 0 Å². The summed E-state index contributed by atoms with van der Waals surface area (Å²) in [4.78, 5) is 11.9. The maximum atomic E-state index is 13.5. The normalized spacial score (nSPS) is 9.83. The Labute approximate surface area is 115 Å². The number of halogens is 2. The van der Waals surface area contributed by atoms with Crippen molar-refractivity contribution in [3.05, 3.63) is 51.1 Å². The third kappa shape index (κ3) is 2.58. The van der Waals surface area contributed by atoms with Crippen LogP contribution in [-0.4, -0.2) is 5.91 Å². The third-order valence-electron chi connectivity index (χ3n) is 2.19. The van der Waals surface area contributed by atoms with Gasteiger partial charge in [-0.25, -0.2) is 4.39 Å². The molecule has 0 unspecified atom stereocenters. The zero-order valence-electron chi connectivity index (χ0n) is 8.91. The minimum Gasteiger partial charge on any atom is -0.312 e. The highest BCUT2D eigenvalue weighted by Gasteiger charge is 2.14. The van der Waals surface area contributed by atoms with E-state index in [0.29, 0.717) is 15.0 Å². The smallest absolute Gasteiger partial charge is 0.259 e. The Kier molecular flexibility index (Phi) is 3.75. The topological polar surface area (TPSA) is 52.9 Å². The second-order valence-corrected chi connectivity index (χ2v) is 5.19. The number of benzene rings is 1. The van der Waals surface area contributed by atoms with E-state index >= 15 is 0 Å². The quantitative estimate of drug-likeness (QED) is 0.914. The summed E-state index contributed by atoms with van der Waals surface area (Å²) in [5, 5.41) is 13.4. The number of nitriles is 1. The van der Waals surface area contributed by atoms with E-state index in [1.54, 1.807) is 11.4 Å². The van der Waals surface area contributed by atoms with Crippen LogP contribution in [0.1, 0.15) is 15.9 Å². The minimum atomic E-state index is -0.606. The lowest BCUT2D eigenvalue weighted by molar-refractivity contribution is 0.102. The summed E-state index contributed by atoms with van der Waals surface area (Å²) < 4.78 is 14.1. The number of thiophene rings is 1. The summed E-state index contributed by atoms with van der Waals surface area (Å²) in [6.45, 7) is 0. The van der Waals surface area contributed by atoms with E-state index in [1.165, 1.54) is 29.5 Å². The second kappa shape index (κ2) is 5.29. The largest absolute Gasteiger partial charge is 0.312 e. The molecule has 0 aliphatic carbocycles. The highest BCUT2D eigenvalue weighted by atomic mass is 79.9. The van der Waals surface area contributed by atoms with Gasteiger partial charge in [0.1, 0.15) is 16.9 Å². The number of nitrogens with one attached hydrogen (secondary N) is 1. The van der Waals surface area contributed by atoms with Crippen LogP contribution in [0.5, 0.6) is 0 Å². The van der Waals surface area contributed by atoms with Crippen LogP contribution in [0.4, 0.5) is 9.39 Å². The molecule has 0 saturated carbocycles. The standard InChI is InChI=1S/C12H6BrFN2OS/c13-8-1-2-10(14)9(5-8)11(17)16-12-7(6-15)3-4-18-12/h1-5H,(H,16,17). The van der Waals surface area contributed by atoms with Crippen molar-refractivity contribution >= 4 is 38.2 Å². The minimum absolute atomic E-state index is 0.0679. The summed E-state index contributed by atoms with van der Waals surface area (Å²) >= 11 is 4.39. The SMILES string of the molecule is N#Cc1ccsc1NC(=O)c1cc(Br)ccc1F. The lowest BCUT2D eigenvalue weighted by Crippen LogP contribution is -2.13. The Morgan fingerprint density at radius 2 is 2.22 bits per heavy atom. The van der Waals surface area contributed by atoms with E-state index in [1.807, 2.05) is 6.07 Å². The number of nitrogens with zero attached hydrogens (tertiary/aromatic N) is 1. The molecule has 18 heavy (non-hydrogen) atoms. The van der Waals surface area contributed by atoms with E-state index in [0.717, 1.165) is 0 Å². The molecule has 2 rings (SSSR count). The number of carbonyl (C=O) groups excluding carboxylic acids is 1. The van der Waals surface area contributed by atoms with Gasteiger partial charge in [0.15, 0.2) is 0 Å². The fourth-order valence-electron chi connectivity index (χ4n) is 1.34. The molecule has 1 aromatic carbocycles. The van der Waals surface area contributed by atoms with Crippen molar-refractivity contribution in [3.8, 4) is 6.07 Å². The molecule has 1 N–H and O–H groups in total. The number of anilines is 1. The molecule has 0 aliphatic heterocycles. The van der Waals surface area contributed by atoms with Crippen molar-refractivity contribution in [3.63, 3.8) is 0 Å².